The molecule has 1 aromatic heterocycles. The van der Waals surface area contributed by atoms with Crippen LogP contribution in [0.25, 0.3) is 5.69 Å². The zero-order chi connectivity index (χ0) is 20.1. The van der Waals surface area contributed by atoms with Crippen LogP contribution in [0.15, 0.2) is 60.9 Å². The van der Waals surface area contributed by atoms with E-state index in [-0.39, 0.29) is 12.5 Å². The number of rotatable bonds is 6. The number of hydrogen-bond donors (Lipinski definition) is 3. The normalized spacial score (nSPS) is 10.3. The lowest BCUT2D eigenvalue weighted by atomic mass is 10.2. The van der Waals surface area contributed by atoms with E-state index in [4.69, 9.17) is 17.3 Å². The first-order valence-corrected chi connectivity index (χ1v) is 8.59. The zero-order valence-electron chi connectivity index (χ0n) is 14.6. The monoisotopic (exact) mass is 397 g/mol. The first-order valence-electron chi connectivity index (χ1n) is 8.21. The fourth-order valence-corrected chi connectivity index (χ4v) is 2.48. The van der Waals surface area contributed by atoms with Gasteiger partial charge in [0, 0.05) is 22.5 Å². The van der Waals surface area contributed by atoms with Gasteiger partial charge < -0.3 is 16.4 Å². The predicted octanol–water partition coefficient (Wildman–Crippen LogP) is 1.99. The van der Waals surface area contributed by atoms with Crippen molar-refractivity contribution in [1.29, 1.82) is 0 Å². The molecule has 8 nitrogen and oxygen atoms in total. The Balaban J connectivity index is 1.64. The number of nitrogens with zero attached hydrogens (tertiary/aromatic N) is 2. The van der Waals surface area contributed by atoms with Gasteiger partial charge in [-0.3, -0.25) is 14.4 Å². The lowest BCUT2D eigenvalue weighted by Crippen LogP contribution is -2.33. The molecule has 0 saturated carbocycles. The predicted molar refractivity (Wildman–Crippen MR) is 104 cm³/mol. The smallest absolute Gasteiger partial charge is 0.258 e. The van der Waals surface area contributed by atoms with Crippen LogP contribution in [0.3, 0.4) is 0 Å². The maximum absolute atomic E-state index is 12.4. The standard InChI is InChI=1S/C19H16ClN5O3/c20-14-3-7-16(8-4-14)25-11-13(9-23-25)19(28)24-15-5-1-12(2-6-15)18(27)22-10-17(21)26/h1-9,11H,10H2,(H2,21,26)(H,22,27)(H,24,28). The van der Waals surface area contributed by atoms with Crippen LogP contribution in [0.2, 0.25) is 5.02 Å². The second-order valence-electron chi connectivity index (χ2n) is 5.83. The molecule has 28 heavy (non-hydrogen) atoms. The molecule has 0 spiro atoms. The van der Waals surface area contributed by atoms with Gasteiger partial charge in [-0.2, -0.15) is 5.10 Å². The molecule has 4 N–H and O–H groups in total. The van der Waals surface area contributed by atoms with Crippen molar-refractivity contribution in [3.8, 4) is 5.69 Å². The first-order chi connectivity index (χ1) is 13.4. The fraction of sp³-hybridized carbons (Fsp3) is 0.0526. The van der Waals surface area contributed by atoms with E-state index in [1.807, 2.05) is 0 Å². The topological polar surface area (TPSA) is 119 Å². The molecule has 0 atom stereocenters. The van der Waals surface area contributed by atoms with Crippen molar-refractivity contribution in [1.82, 2.24) is 15.1 Å². The van der Waals surface area contributed by atoms with E-state index in [2.05, 4.69) is 15.7 Å². The summed E-state index contributed by atoms with van der Waals surface area (Å²) in [7, 11) is 0. The minimum atomic E-state index is -0.628. The van der Waals surface area contributed by atoms with Crippen molar-refractivity contribution in [2.45, 2.75) is 0 Å². The lowest BCUT2D eigenvalue weighted by molar-refractivity contribution is -0.117. The highest BCUT2D eigenvalue weighted by atomic mass is 35.5. The Kier molecular flexibility index (Phi) is 5.71. The van der Waals surface area contributed by atoms with Crippen LogP contribution in [-0.4, -0.2) is 34.0 Å². The molecular weight excluding hydrogens is 382 g/mol. The largest absolute Gasteiger partial charge is 0.368 e. The highest BCUT2D eigenvalue weighted by molar-refractivity contribution is 6.30. The molecule has 0 radical (unpaired) electrons. The minimum absolute atomic E-state index is 0.241. The van der Waals surface area contributed by atoms with E-state index in [1.54, 1.807) is 47.3 Å². The number of aromatic nitrogens is 2. The number of carbonyl (C=O) groups excluding carboxylic acids is 3. The number of benzene rings is 2. The molecule has 3 aromatic rings. The molecule has 3 rings (SSSR count). The second kappa shape index (κ2) is 8.36. The Morgan fingerprint density at radius 3 is 2.29 bits per heavy atom. The Labute approximate surface area is 165 Å². The van der Waals surface area contributed by atoms with Crippen LogP contribution < -0.4 is 16.4 Å². The number of anilines is 1. The van der Waals surface area contributed by atoms with Crippen molar-refractivity contribution in [3.05, 3.63) is 77.1 Å². The summed E-state index contributed by atoms with van der Waals surface area (Å²) in [5.74, 6) is -1.40. The lowest BCUT2D eigenvalue weighted by Gasteiger charge is -2.06. The third-order valence-corrected chi connectivity index (χ3v) is 4.02. The van der Waals surface area contributed by atoms with Crippen LogP contribution in [0, 0.1) is 0 Å². The molecule has 0 aliphatic rings. The third kappa shape index (κ3) is 4.74. The number of hydrogen-bond acceptors (Lipinski definition) is 4. The number of carbonyl (C=O) groups is 3. The molecule has 9 heteroatoms. The van der Waals surface area contributed by atoms with Gasteiger partial charge in [0.25, 0.3) is 11.8 Å². The van der Waals surface area contributed by atoms with Gasteiger partial charge in [-0.25, -0.2) is 4.68 Å². The Morgan fingerprint density at radius 1 is 0.964 bits per heavy atom. The summed E-state index contributed by atoms with van der Waals surface area (Å²) >= 11 is 5.87. The van der Waals surface area contributed by atoms with Crippen LogP contribution in [0.1, 0.15) is 20.7 Å². The van der Waals surface area contributed by atoms with Gasteiger partial charge in [0.05, 0.1) is 24.0 Å². The quantitative estimate of drug-likeness (QED) is 0.589. The van der Waals surface area contributed by atoms with Crippen molar-refractivity contribution in [2.24, 2.45) is 5.73 Å². The van der Waals surface area contributed by atoms with Crippen molar-refractivity contribution < 1.29 is 14.4 Å². The summed E-state index contributed by atoms with van der Waals surface area (Å²) < 4.78 is 1.57. The van der Waals surface area contributed by atoms with Gasteiger partial charge >= 0.3 is 0 Å². The molecule has 2 aromatic carbocycles. The Bertz CT molecular complexity index is 1010. The maximum atomic E-state index is 12.4. The van der Waals surface area contributed by atoms with E-state index < -0.39 is 11.8 Å². The third-order valence-electron chi connectivity index (χ3n) is 3.76. The number of nitrogens with two attached hydrogens (primary N) is 1. The van der Waals surface area contributed by atoms with E-state index in [0.717, 1.165) is 5.69 Å². The van der Waals surface area contributed by atoms with Crippen LogP contribution in [-0.2, 0) is 4.79 Å². The molecule has 0 aliphatic carbocycles. The molecular formula is C19H16ClN5O3. The number of primary amides is 1. The summed E-state index contributed by atoms with van der Waals surface area (Å²) in [5, 5.41) is 9.90. The van der Waals surface area contributed by atoms with Gasteiger partial charge in [-0.05, 0) is 48.5 Å². The van der Waals surface area contributed by atoms with Crippen molar-refractivity contribution >= 4 is 35.0 Å². The van der Waals surface area contributed by atoms with Crippen LogP contribution in [0.5, 0.6) is 0 Å². The molecule has 3 amide bonds. The minimum Gasteiger partial charge on any atom is -0.368 e. The van der Waals surface area contributed by atoms with Crippen molar-refractivity contribution in [3.63, 3.8) is 0 Å². The highest BCUT2D eigenvalue weighted by Gasteiger charge is 2.11. The zero-order valence-corrected chi connectivity index (χ0v) is 15.3. The summed E-state index contributed by atoms with van der Waals surface area (Å²) in [6.07, 6.45) is 3.06. The molecule has 0 unspecified atom stereocenters. The van der Waals surface area contributed by atoms with Crippen LogP contribution in [0.4, 0.5) is 5.69 Å². The van der Waals surface area contributed by atoms with E-state index in [1.165, 1.54) is 18.3 Å². The fourth-order valence-electron chi connectivity index (χ4n) is 2.35. The van der Waals surface area contributed by atoms with E-state index in [0.29, 0.717) is 21.8 Å². The van der Waals surface area contributed by atoms with E-state index in [9.17, 15) is 14.4 Å². The molecule has 0 aliphatic heterocycles. The summed E-state index contributed by atoms with van der Waals surface area (Å²) in [4.78, 5) is 34.9. The SMILES string of the molecule is NC(=O)CNC(=O)c1ccc(NC(=O)c2cnn(-c3ccc(Cl)cc3)c2)cc1. The molecule has 0 saturated heterocycles. The van der Waals surface area contributed by atoms with Crippen molar-refractivity contribution in [2.75, 3.05) is 11.9 Å². The first kappa shape index (κ1) is 19.1. The molecule has 0 bridgehead atoms. The number of nitrogens with one attached hydrogen (secondary N) is 2. The second-order valence-corrected chi connectivity index (χ2v) is 6.27. The number of halogens is 1. The summed E-state index contributed by atoms with van der Waals surface area (Å²) in [6, 6.07) is 13.3. The average Bonchev–Trinajstić information content (AvgIpc) is 3.17. The summed E-state index contributed by atoms with van der Waals surface area (Å²) in [5.41, 5.74) is 6.98. The Morgan fingerprint density at radius 2 is 1.64 bits per heavy atom. The molecule has 142 valence electrons. The Hall–Kier alpha value is -3.65. The van der Waals surface area contributed by atoms with Gasteiger partial charge in [-0.1, -0.05) is 11.6 Å². The van der Waals surface area contributed by atoms with E-state index >= 15 is 0 Å². The molecule has 0 fully saturated rings. The van der Waals surface area contributed by atoms with Crippen LogP contribution >= 0.6 is 11.6 Å². The van der Waals surface area contributed by atoms with Gasteiger partial charge in [-0.15, -0.1) is 0 Å². The highest BCUT2D eigenvalue weighted by Crippen LogP contribution is 2.15. The average molecular weight is 398 g/mol. The number of amides is 3. The van der Waals surface area contributed by atoms with Gasteiger partial charge in [0.15, 0.2) is 0 Å². The van der Waals surface area contributed by atoms with Gasteiger partial charge in [0.1, 0.15) is 0 Å². The maximum Gasteiger partial charge on any atom is 0.258 e. The van der Waals surface area contributed by atoms with Gasteiger partial charge in [0.2, 0.25) is 5.91 Å². The summed E-state index contributed by atoms with van der Waals surface area (Å²) in [6.45, 7) is -0.241. The molecule has 1 heterocycles.